The van der Waals surface area contributed by atoms with Crippen LogP contribution in [0.15, 0.2) is 42.5 Å². The van der Waals surface area contributed by atoms with Gasteiger partial charge >= 0.3 is 0 Å². The molecule has 0 unspecified atom stereocenters. The lowest BCUT2D eigenvalue weighted by Gasteiger charge is -2.10. The van der Waals surface area contributed by atoms with Crippen LogP contribution in [0, 0.1) is 11.6 Å². The number of nitrogens with one attached hydrogen (secondary N) is 1. The van der Waals surface area contributed by atoms with Gasteiger partial charge in [0.25, 0.3) is 0 Å². The van der Waals surface area contributed by atoms with E-state index in [1.807, 2.05) is 24.3 Å². The third kappa shape index (κ3) is 2.99. The summed E-state index contributed by atoms with van der Waals surface area (Å²) >= 11 is 5.80. The number of hydrogen-bond acceptors (Lipinski definition) is 1. The topological polar surface area (TPSA) is 12.0 Å². The van der Waals surface area contributed by atoms with E-state index in [0.29, 0.717) is 18.0 Å². The van der Waals surface area contributed by atoms with Crippen molar-refractivity contribution in [2.24, 2.45) is 0 Å². The van der Waals surface area contributed by atoms with Gasteiger partial charge in [0.05, 0.1) is 0 Å². The lowest BCUT2D eigenvalue weighted by molar-refractivity contribution is 0.574. The third-order valence-corrected chi connectivity index (χ3v) is 2.93. The predicted octanol–water partition coefficient (Wildman–Crippen LogP) is 4.32. The van der Waals surface area contributed by atoms with Crippen LogP contribution in [0.5, 0.6) is 0 Å². The van der Waals surface area contributed by atoms with E-state index in [2.05, 4.69) is 5.32 Å². The van der Waals surface area contributed by atoms with Gasteiger partial charge in [0, 0.05) is 29.7 Å². The van der Waals surface area contributed by atoms with Crippen LogP contribution in [0.1, 0.15) is 11.1 Å². The van der Waals surface area contributed by atoms with Crippen molar-refractivity contribution in [2.45, 2.75) is 12.4 Å². The molecule has 2 rings (SSSR count). The molecule has 4 heteroatoms. The Balaban J connectivity index is 2.11. The quantitative estimate of drug-likeness (QED) is 0.814. The average molecular weight is 268 g/mol. The standard InChI is InChI=1S/C14H12ClF2N/c15-8-10-3-1-2-4-14(10)18-9-11-5-6-12(16)7-13(11)17/h1-7,18H,8-9H2. The Morgan fingerprint density at radius 2 is 1.78 bits per heavy atom. The molecule has 0 aromatic heterocycles. The summed E-state index contributed by atoms with van der Waals surface area (Å²) in [4.78, 5) is 0. The summed E-state index contributed by atoms with van der Waals surface area (Å²) in [6.45, 7) is 0.292. The van der Waals surface area contributed by atoms with Crippen molar-refractivity contribution in [1.29, 1.82) is 0 Å². The first-order valence-corrected chi connectivity index (χ1v) is 6.06. The van der Waals surface area contributed by atoms with Crippen molar-refractivity contribution in [3.63, 3.8) is 0 Å². The van der Waals surface area contributed by atoms with Crippen LogP contribution < -0.4 is 5.32 Å². The fourth-order valence-corrected chi connectivity index (χ4v) is 1.90. The fourth-order valence-electron chi connectivity index (χ4n) is 1.66. The maximum absolute atomic E-state index is 13.4. The summed E-state index contributed by atoms with van der Waals surface area (Å²) in [5, 5.41) is 3.09. The van der Waals surface area contributed by atoms with Gasteiger partial charge in [0.2, 0.25) is 0 Å². The highest BCUT2D eigenvalue weighted by atomic mass is 35.5. The molecule has 94 valence electrons. The molecule has 0 heterocycles. The Kier molecular flexibility index (Phi) is 4.15. The molecule has 0 aliphatic heterocycles. The van der Waals surface area contributed by atoms with E-state index >= 15 is 0 Å². The van der Waals surface area contributed by atoms with E-state index in [9.17, 15) is 8.78 Å². The van der Waals surface area contributed by atoms with Crippen molar-refractivity contribution in [3.8, 4) is 0 Å². The molecule has 0 atom stereocenters. The number of halogens is 3. The molecule has 1 nitrogen and oxygen atoms in total. The zero-order chi connectivity index (χ0) is 13.0. The van der Waals surface area contributed by atoms with Crippen LogP contribution in [-0.4, -0.2) is 0 Å². The first kappa shape index (κ1) is 12.8. The van der Waals surface area contributed by atoms with E-state index in [1.165, 1.54) is 12.1 Å². The van der Waals surface area contributed by atoms with Gasteiger partial charge in [0.1, 0.15) is 11.6 Å². The summed E-state index contributed by atoms with van der Waals surface area (Å²) in [6.07, 6.45) is 0. The van der Waals surface area contributed by atoms with E-state index in [-0.39, 0.29) is 0 Å². The number of para-hydroxylation sites is 1. The number of hydrogen-bond donors (Lipinski definition) is 1. The maximum atomic E-state index is 13.4. The van der Waals surface area contributed by atoms with Crippen LogP contribution in [-0.2, 0) is 12.4 Å². The molecule has 0 saturated carbocycles. The SMILES string of the molecule is Fc1ccc(CNc2ccccc2CCl)c(F)c1. The van der Waals surface area contributed by atoms with Gasteiger partial charge in [0.15, 0.2) is 0 Å². The molecule has 2 aromatic rings. The molecule has 1 N–H and O–H groups in total. The Hall–Kier alpha value is -1.61. The monoisotopic (exact) mass is 267 g/mol. The molecule has 0 amide bonds. The Morgan fingerprint density at radius 1 is 1.00 bits per heavy atom. The molecule has 2 aromatic carbocycles. The largest absolute Gasteiger partial charge is 0.381 e. The van der Waals surface area contributed by atoms with Gasteiger partial charge in [-0.3, -0.25) is 0 Å². The zero-order valence-corrected chi connectivity index (χ0v) is 10.3. The minimum atomic E-state index is -0.572. The summed E-state index contributed by atoms with van der Waals surface area (Å²) in [7, 11) is 0. The minimum Gasteiger partial charge on any atom is -0.381 e. The second-order valence-electron chi connectivity index (χ2n) is 3.88. The highest BCUT2D eigenvalue weighted by Crippen LogP contribution is 2.19. The second-order valence-corrected chi connectivity index (χ2v) is 4.15. The summed E-state index contributed by atoms with van der Waals surface area (Å²) in [6, 6.07) is 11.1. The Bertz CT molecular complexity index is 543. The molecule has 0 spiro atoms. The highest BCUT2D eigenvalue weighted by Gasteiger charge is 2.05. The number of anilines is 1. The number of benzene rings is 2. The van der Waals surface area contributed by atoms with Gasteiger partial charge < -0.3 is 5.32 Å². The molecule has 0 aliphatic rings. The molecule has 0 aliphatic carbocycles. The molecular weight excluding hydrogens is 256 g/mol. The summed E-state index contributed by atoms with van der Waals surface area (Å²) in [5.41, 5.74) is 2.22. The van der Waals surface area contributed by atoms with Gasteiger partial charge in [-0.25, -0.2) is 8.78 Å². The molecular formula is C14H12ClF2N. The molecule has 0 saturated heterocycles. The van der Waals surface area contributed by atoms with Crippen LogP contribution >= 0.6 is 11.6 Å². The molecule has 0 fully saturated rings. The van der Waals surface area contributed by atoms with Gasteiger partial charge in [-0.2, -0.15) is 0 Å². The lowest BCUT2D eigenvalue weighted by atomic mass is 10.1. The number of alkyl halides is 1. The highest BCUT2D eigenvalue weighted by molar-refractivity contribution is 6.17. The fraction of sp³-hybridized carbons (Fsp3) is 0.143. The lowest BCUT2D eigenvalue weighted by Crippen LogP contribution is -2.03. The van der Waals surface area contributed by atoms with Gasteiger partial charge in [-0.05, 0) is 17.7 Å². The van der Waals surface area contributed by atoms with Gasteiger partial charge in [-0.15, -0.1) is 11.6 Å². The van der Waals surface area contributed by atoms with Crippen molar-refractivity contribution in [1.82, 2.24) is 0 Å². The van der Waals surface area contributed by atoms with Crippen molar-refractivity contribution in [3.05, 3.63) is 65.2 Å². The van der Waals surface area contributed by atoms with Crippen LogP contribution in [0.25, 0.3) is 0 Å². The first-order valence-electron chi connectivity index (χ1n) is 5.52. The van der Waals surface area contributed by atoms with E-state index in [1.54, 1.807) is 0 Å². The van der Waals surface area contributed by atoms with Gasteiger partial charge in [-0.1, -0.05) is 24.3 Å². The average Bonchev–Trinajstić information content (AvgIpc) is 2.38. The van der Waals surface area contributed by atoms with Crippen LogP contribution in [0.3, 0.4) is 0 Å². The van der Waals surface area contributed by atoms with Crippen LogP contribution in [0.2, 0.25) is 0 Å². The Labute approximate surface area is 109 Å². The van der Waals surface area contributed by atoms with Crippen molar-refractivity contribution >= 4 is 17.3 Å². The second kappa shape index (κ2) is 5.83. The molecule has 18 heavy (non-hydrogen) atoms. The smallest absolute Gasteiger partial charge is 0.131 e. The summed E-state index contributed by atoms with van der Waals surface area (Å²) in [5.74, 6) is -0.738. The molecule has 0 bridgehead atoms. The van der Waals surface area contributed by atoms with E-state index in [4.69, 9.17) is 11.6 Å². The maximum Gasteiger partial charge on any atom is 0.131 e. The zero-order valence-electron chi connectivity index (χ0n) is 9.59. The third-order valence-electron chi connectivity index (χ3n) is 2.65. The minimum absolute atomic E-state index is 0.292. The number of rotatable bonds is 4. The van der Waals surface area contributed by atoms with E-state index < -0.39 is 11.6 Å². The summed E-state index contributed by atoms with van der Waals surface area (Å²) < 4.78 is 26.2. The predicted molar refractivity (Wildman–Crippen MR) is 69.7 cm³/mol. The van der Waals surface area contributed by atoms with Crippen molar-refractivity contribution < 1.29 is 8.78 Å². The normalized spacial score (nSPS) is 10.4. The van der Waals surface area contributed by atoms with E-state index in [0.717, 1.165) is 17.3 Å². The Morgan fingerprint density at radius 3 is 2.50 bits per heavy atom. The van der Waals surface area contributed by atoms with Crippen LogP contribution in [0.4, 0.5) is 14.5 Å². The van der Waals surface area contributed by atoms with Crippen molar-refractivity contribution in [2.75, 3.05) is 5.32 Å². The molecule has 0 radical (unpaired) electrons. The first-order chi connectivity index (χ1) is 8.70.